The van der Waals surface area contributed by atoms with E-state index in [4.69, 9.17) is 10.5 Å². The Kier molecular flexibility index (Phi) is 11.4. The molecule has 9 nitrogen and oxygen atoms in total. The van der Waals surface area contributed by atoms with Gasteiger partial charge in [0.2, 0.25) is 17.7 Å². The Morgan fingerprint density at radius 2 is 1.92 bits per heavy atom. The molecule has 0 heterocycles. The van der Waals surface area contributed by atoms with Crippen LogP contribution in [0.25, 0.3) is 6.08 Å². The fourth-order valence-electron chi connectivity index (χ4n) is 4.32. The summed E-state index contributed by atoms with van der Waals surface area (Å²) in [6.45, 7) is 13.6. The number of nitrogens with zero attached hydrogens (tertiary/aromatic N) is 1. The maximum Gasteiger partial charge on any atom is 0.408 e. The predicted octanol–water partition coefficient (Wildman–Crippen LogP) is 4.07. The van der Waals surface area contributed by atoms with E-state index in [1.807, 2.05) is 31.2 Å². The standard InChI is InChI=1S/C29H44N4O5/c1-7-9-10-16-31-26(35)25(21-13-11-12-20(8-2)18-21)33(23-17-19(23)3)27(36)22(14-15-24(30)34)32-28(37)38-29(4,5)6/h8,11-13,18-19,22-23,25H,2,7,9-10,14-17H2,1,3-6H3,(H2,30,34)(H,31,35)(H,32,37). The molecule has 1 fully saturated rings. The molecule has 0 aromatic heterocycles. The third-order valence-electron chi connectivity index (χ3n) is 6.42. The van der Waals surface area contributed by atoms with Gasteiger partial charge < -0.3 is 26.0 Å². The average Bonchev–Trinajstić information content (AvgIpc) is 3.56. The number of alkyl carbamates (subject to hydrolysis) is 1. The summed E-state index contributed by atoms with van der Waals surface area (Å²) in [6, 6.07) is 5.15. The van der Waals surface area contributed by atoms with E-state index in [1.165, 1.54) is 0 Å². The van der Waals surface area contributed by atoms with Gasteiger partial charge in [0, 0.05) is 19.0 Å². The fraction of sp³-hybridized carbons (Fsp3) is 0.586. The van der Waals surface area contributed by atoms with Crippen LogP contribution >= 0.6 is 0 Å². The Hall–Kier alpha value is -3.36. The molecular formula is C29H44N4O5. The second-order valence-corrected chi connectivity index (χ2v) is 11.0. The van der Waals surface area contributed by atoms with Crippen LogP contribution in [0.15, 0.2) is 30.8 Å². The number of benzene rings is 1. The van der Waals surface area contributed by atoms with Crippen LogP contribution in [0.2, 0.25) is 0 Å². The first-order valence-corrected chi connectivity index (χ1v) is 13.5. The van der Waals surface area contributed by atoms with E-state index in [-0.39, 0.29) is 30.7 Å². The number of ether oxygens (including phenoxy) is 1. The summed E-state index contributed by atoms with van der Waals surface area (Å²) in [6.07, 6.45) is 4.34. The van der Waals surface area contributed by atoms with Gasteiger partial charge in [0.05, 0.1) is 0 Å². The number of unbranched alkanes of at least 4 members (excludes halogenated alkanes) is 2. The monoisotopic (exact) mass is 528 g/mol. The Bertz CT molecular complexity index is 1000. The van der Waals surface area contributed by atoms with Crippen LogP contribution in [0.1, 0.15) is 90.3 Å². The van der Waals surface area contributed by atoms with E-state index in [0.717, 1.165) is 31.2 Å². The molecule has 1 aliphatic carbocycles. The molecule has 4 atom stereocenters. The van der Waals surface area contributed by atoms with Crippen molar-refractivity contribution >= 4 is 29.9 Å². The molecule has 1 aliphatic rings. The van der Waals surface area contributed by atoms with Crippen molar-refractivity contribution in [2.24, 2.45) is 11.7 Å². The zero-order valence-corrected chi connectivity index (χ0v) is 23.4. The molecular weight excluding hydrogens is 484 g/mol. The van der Waals surface area contributed by atoms with Crippen molar-refractivity contribution in [3.63, 3.8) is 0 Å². The van der Waals surface area contributed by atoms with Gasteiger partial charge in [-0.25, -0.2) is 4.79 Å². The van der Waals surface area contributed by atoms with E-state index in [9.17, 15) is 19.2 Å². The zero-order chi connectivity index (χ0) is 28.5. The van der Waals surface area contributed by atoms with Crippen molar-refractivity contribution in [2.45, 2.75) is 96.9 Å². The Morgan fingerprint density at radius 3 is 2.47 bits per heavy atom. The fourth-order valence-corrected chi connectivity index (χ4v) is 4.32. The largest absolute Gasteiger partial charge is 0.444 e. The lowest BCUT2D eigenvalue weighted by Gasteiger charge is -2.35. The van der Waals surface area contributed by atoms with E-state index in [1.54, 1.807) is 31.7 Å². The quantitative estimate of drug-likeness (QED) is 0.313. The Balaban J connectivity index is 2.47. The molecule has 210 valence electrons. The van der Waals surface area contributed by atoms with E-state index in [2.05, 4.69) is 24.1 Å². The molecule has 1 aromatic carbocycles. The molecule has 4 amide bonds. The van der Waals surface area contributed by atoms with E-state index >= 15 is 0 Å². The van der Waals surface area contributed by atoms with Crippen LogP contribution in [0.4, 0.5) is 4.79 Å². The molecule has 0 bridgehead atoms. The maximum absolute atomic E-state index is 14.1. The number of hydrogen-bond donors (Lipinski definition) is 3. The molecule has 4 N–H and O–H groups in total. The van der Waals surface area contributed by atoms with Gasteiger partial charge in [-0.05, 0) is 63.1 Å². The number of nitrogens with two attached hydrogens (primary N) is 1. The summed E-state index contributed by atoms with van der Waals surface area (Å²) in [5.41, 5.74) is 6.06. The molecule has 1 aromatic rings. The lowest BCUT2D eigenvalue weighted by molar-refractivity contribution is -0.143. The summed E-state index contributed by atoms with van der Waals surface area (Å²) in [5.74, 6) is -1.16. The van der Waals surface area contributed by atoms with Gasteiger partial charge in [0.1, 0.15) is 17.7 Å². The normalized spacial score (nSPS) is 18.0. The molecule has 0 saturated heterocycles. The van der Waals surface area contributed by atoms with Gasteiger partial charge in [-0.3, -0.25) is 14.4 Å². The number of hydrogen-bond acceptors (Lipinski definition) is 5. The smallest absolute Gasteiger partial charge is 0.408 e. The van der Waals surface area contributed by atoms with Crippen molar-refractivity contribution in [1.29, 1.82) is 0 Å². The first-order chi connectivity index (χ1) is 17.9. The predicted molar refractivity (Wildman–Crippen MR) is 148 cm³/mol. The average molecular weight is 529 g/mol. The minimum Gasteiger partial charge on any atom is -0.444 e. The lowest BCUT2D eigenvalue weighted by atomic mass is 9.99. The summed E-state index contributed by atoms with van der Waals surface area (Å²) < 4.78 is 5.37. The van der Waals surface area contributed by atoms with Crippen molar-refractivity contribution in [3.05, 3.63) is 42.0 Å². The van der Waals surface area contributed by atoms with Crippen molar-refractivity contribution in [1.82, 2.24) is 15.5 Å². The van der Waals surface area contributed by atoms with Gasteiger partial charge in [-0.15, -0.1) is 0 Å². The van der Waals surface area contributed by atoms with E-state index < -0.39 is 35.6 Å². The van der Waals surface area contributed by atoms with Crippen LogP contribution in [-0.4, -0.2) is 52.9 Å². The topological polar surface area (TPSA) is 131 Å². The summed E-state index contributed by atoms with van der Waals surface area (Å²) in [4.78, 5) is 53.6. The number of carbonyl (C=O) groups excluding carboxylic acids is 4. The highest BCUT2D eigenvalue weighted by molar-refractivity contribution is 5.93. The third-order valence-corrected chi connectivity index (χ3v) is 6.42. The van der Waals surface area contributed by atoms with Crippen LogP contribution < -0.4 is 16.4 Å². The van der Waals surface area contributed by atoms with Crippen LogP contribution in [0, 0.1) is 5.92 Å². The van der Waals surface area contributed by atoms with Gasteiger partial charge >= 0.3 is 6.09 Å². The number of carbonyl (C=O) groups is 4. The number of primary amides is 1. The minimum atomic E-state index is -1.09. The Morgan fingerprint density at radius 1 is 1.24 bits per heavy atom. The first-order valence-electron chi connectivity index (χ1n) is 13.5. The van der Waals surface area contributed by atoms with E-state index in [0.29, 0.717) is 12.1 Å². The van der Waals surface area contributed by atoms with Crippen LogP contribution in [-0.2, 0) is 19.1 Å². The van der Waals surface area contributed by atoms with Crippen molar-refractivity contribution in [2.75, 3.05) is 6.54 Å². The second kappa shape index (κ2) is 14.0. The number of amides is 4. The van der Waals surface area contributed by atoms with Crippen molar-refractivity contribution < 1.29 is 23.9 Å². The molecule has 38 heavy (non-hydrogen) atoms. The molecule has 0 spiro atoms. The highest BCUT2D eigenvalue weighted by atomic mass is 16.6. The Labute approximate surface area is 226 Å². The molecule has 0 radical (unpaired) electrons. The summed E-state index contributed by atoms with van der Waals surface area (Å²) in [7, 11) is 0. The second-order valence-electron chi connectivity index (χ2n) is 11.0. The van der Waals surface area contributed by atoms with Crippen molar-refractivity contribution in [3.8, 4) is 0 Å². The first kappa shape index (κ1) is 30.9. The SMILES string of the molecule is C=Cc1cccc(C(C(=O)NCCCCC)N(C(=O)C(CCC(N)=O)NC(=O)OC(C)(C)C)C2CC2C)c1. The molecule has 4 unspecified atom stereocenters. The van der Waals surface area contributed by atoms with Gasteiger partial charge in [0.15, 0.2) is 0 Å². The number of rotatable bonds is 14. The molecule has 2 rings (SSSR count). The lowest BCUT2D eigenvalue weighted by Crippen LogP contribution is -2.54. The molecule has 9 heteroatoms. The maximum atomic E-state index is 14.1. The highest BCUT2D eigenvalue weighted by Gasteiger charge is 2.48. The number of nitrogens with one attached hydrogen (secondary N) is 2. The van der Waals surface area contributed by atoms with Gasteiger partial charge in [0.25, 0.3) is 0 Å². The molecule has 0 aliphatic heterocycles. The van der Waals surface area contributed by atoms with Crippen LogP contribution in [0.5, 0.6) is 0 Å². The van der Waals surface area contributed by atoms with Crippen LogP contribution in [0.3, 0.4) is 0 Å². The van der Waals surface area contributed by atoms with Gasteiger partial charge in [-0.2, -0.15) is 0 Å². The van der Waals surface area contributed by atoms with Gasteiger partial charge in [-0.1, -0.05) is 57.5 Å². The third kappa shape index (κ3) is 9.50. The zero-order valence-electron chi connectivity index (χ0n) is 23.4. The highest BCUT2D eigenvalue weighted by Crippen LogP contribution is 2.41. The summed E-state index contributed by atoms with van der Waals surface area (Å²) >= 11 is 0. The summed E-state index contributed by atoms with van der Waals surface area (Å²) in [5, 5.41) is 5.63. The molecule has 1 saturated carbocycles. The minimum absolute atomic E-state index is 0.0114.